The van der Waals surface area contributed by atoms with Gasteiger partial charge >= 0.3 is 0 Å². The molecule has 0 aliphatic rings. The molecule has 94 valence electrons. The van der Waals surface area contributed by atoms with Crippen molar-refractivity contribution in [3.63, 3.8) is 0 Å². The van der Waals surface area contributed by atoms with Crippen molar-refractivity contribution in [3.05, 3.63) is 28.8 Å². The van der Waals surface area contributed by atoms with Gasteiger partial charge in [0.2, 0.25) is 0 Å². The maximum Gasteiger partial charge on any atom is 0.251 e. The average Bonchev–Trinajstić information content (AvgIpc) is 2.21. The molecule has 0 saturated heterocycles. The Morgan fingerprint density at radius 3 is 2.65 bits per heavy atom. The van der Waals surface area contributed by atoms with Gasteiger partial charge in [-0.3, -0.25) is 4.79 Å². The standard InChI is InChI=1S/C13H19ClN2O/c1-4-7-13(2,3)16-12(17)9-5-6-10(14)11(15)8-9/h5-6,8H,4,7,15H2,1-3H3,(H,16,17). The summed E-state index contributed by atoms with van der Waals surface area (Å²) in [7, 11) is 0. The predicted molar refractivity (Wildman–Crippen MR) is 72.3 cm³/mol. The molecule has 4 heteroatoms. The number of halogens is 1. The summed E-state index contributed by atoms with van der Waals surface area (Å²) in [6.45, 7) is 6.11. The molecule has 0 atom stereocenters. The second-order valence-corrected chi connectivity index (χ2v) is 5.23. The Morgan fingerprint density at radius 1 is 1.47 bits per heavy atom. The number of anilines is 1. The molecule has 0 unspecified atom stereocenters. The molecule has 0 aliphatic carbocycles. The summed E-state index contributed by atoms with van der Waals surface area (Å²) in [6.07, 6.45) is 1.96. The maximum atomic E-state index is 12.0. The number of hydrogen-bond donors (Lipinski definition) is 2. The highest BCUT2D eigenvalue weighted by Gasteiger charge is 2.20. The number of carbonyl (C=O) groups excluding carboxylic acids is 1. The zero-order valence-corrected chi connectivity index (χ0v) is 11.3. The van der Waals surface area contributed by atoms with Gasteiger partial charge in [-0.25, -0.2) is 0 Å². The van der Waals surface area contributed by atoms with Gasteiger partial charge < -0.3 is 11.1 Å². The van der Waals surface area contributed by atoms with Gasteiger partial charge in [0.15, 0.2) is 0 Å². The highest BCUT2D eigenvalue weighted by Crippen LogP contribution is 2.20. The molecule has 0 saturated carbocycles. The van der Waals surface area contributed by atoms with Crippen molar-refractivity contribution in [3.8, 4) is 0 Å². The second kappa shape index (κ2) is 5.41. The molecule has 0 aliphatic heterocycles. The van der Waals surface area contributed by atoms with Crippen molar-refractivity contribution in [2.75, 3.05) is 5.73 Å². The molecule has 17 heavy (non-hydrogen) atoms. The van der Waals surface area contributed by atoms with Crippen molar-refractivity contribution < 1.29 is 4.79 Å². The third kappa shape index (κ3) is 3.93. The van der Waals surface area contributed by atoms with E-state index in [9.17, 15) is 4.79 Å². The summed E-state index contributed by atoms with van der Waals surface area (Å²) in [5.74, 6) is -0.119. The Morgan fingerprint density at radius 2 is 2.12 bits per heavy atom. The van der Waals surface area contributed by atoms with E-state index in [0.29, 0.717) is 16.3 Å². The summed E-state index contributed by atoms with van der Waals surface area (Å²) in [5, 5.41) is 3.45. The van der Waals surface area contributed by atoms with E-state index in [1.54, 1.807) is 18.2 Å². The van der Waals surface area contributed by atoms with Gasteiger partial charge in [0.25, 0.3) is 5.91 Å². The fourth-order valence-electron chi connectivity index (χ4n) is 1.75. The summed E-state index contributed by atoms with van der Waals surface area (Å²) in [6, 6.07) is 4.91. The van der Waals surface area contributed by atoms with Crippen LogP contribution >= 0.6 is 11.6 Å². The van der Waals surface area contributed by atoms with Gasteiger partial charge in [-0.05, 0) is 38.5 Å². The number of nitrogens with two attached hydrogens (primary N) is 1. The quantitative estimate of drug-likeness (QED) is 0.811. The Hall–Kier alpha value is -1.22. The molecule has 0 heterocycles. The lowest BCUT2D eigenvalue weighted by Gasteiger charge is -2.25. The first-order valence-electron chi connectivity index (χ1n) is 5.73. The third-order valence-electron chi connectivity index (χ3n) is 2.59. The molecule has 1 amide bonds. The van der Waals surface area contributed by atoms with E-state index in [0.717, 1.165) is 12.8 Å². The average molecular weight is 255 g/mol. The largest absolute Gasteiger partial charge is 0.398 e. The minimum absolute atomic E-state index is 0.119. The molecule has 3 N–H and O–H groups in total. The predicted octanol–water partition coefficient (Wildman–Crippen LogP) is 3.23. The van der Waals surface area contributed by atoms with Crippen molar-refractivity contribution in [2.24, 2.45) is 0 Å². The van der Waals surface area contributed by atoms with Gasteiger partial charge in [0.1, 0.15) is 0 Å². The molecule has 1 aromatic rings. The molecular weight excluding hydrogens is 236 g/mol. The van der Waals surface area contributed by atoms with E-state index >= 15 is 0 Å². The van der Waals surface area contributed by atoms with Crippen LogP contribution in [0.25, 0.3) is 0 Å². The second-order valence-electron chi connectivity index (χ2n) is 4.82. The van der Waals surface area contributed by atoms with E-state index in [1.165, 1.54) is 0 Å². The van der Waals surface area contributed by atoms with Crippen LogP contribution in [-0.2, 0) is 0 Å². The Bertz CT molecular complexity index is 416. The zero-order chi connectivity index (χ0) is 13.1. The summed E-state index contributed by atoms with van der Waals surface area (Å²) in [5.41, 5.74) is 6.42. The Labute approximate surface area is 107 Å². The van der Waals surface area contributed by atoms with E-state index in [2.05, 4.69) is 12.2 Å². The molecule has 3 nitrogen and oxygen atoms in total. The third-order valence-corrected chi connectivity index (χ3v) is 2.93. The number of carbonyl (C=O) groups is 1. The molecule has 0 bridgehead atoms. The van der Waals surface area contributed by atoms with E-state index < -0.39 is 0 Å². The van der Waals surface area contributed by atoms with Crippen molar-refractivity contribution in [1.29, 1.82) is 0 Å². The number of benzene rings is 1. The number of nitrogen functional groups attached to an aromatic ring is 1. The highest BCUT2D eigenvalue weighted by atomic mass is 35.5. The van der Waals surface area contributed by atoms with Crippen LogP contribution in [0.5, 0.6) is 0 Å². The molecule has 0 radical (unpaired) electrons. The summed E-state index contributed by atoms with van der Waals surface area (Å²) in [4.78, 5) is 12.0. The lowest BCUT2D eigenvalue weighted by atomic mass is 9.98. The number of hydrogen-bond acceptors (Lipinski definition) is 2. The van der Waals surface area contributed by atoms with E-state index in [4.69, 9.17) is 17.3 Å². The van der Waals surface area contributed by atoms with Crippen LogP contribution in [0, 0.1) is 0 Å². The molecule has 0 aromatic heterocycles. The van der Waals surface area contributed by atoms with Crippen LogP contribution in [-0.4, -0.2) is 11.4 Å². The molecule has 0 spiro atoms. The molecular formula is C13H19ClN2O. The van der Waals surface area contributed by atoms with Crippen LogP contribution in [0.1, 0.15) is 44.0 Å². The van der Waals surface area contributed by atoms with Gasteiger partial charge in [-0.15, -0.1) is 0 Å². The molecule has 1 aromatic carbocycles. The van der Waals surface area contributed by atoms with Crippen molar-refractivity contribution in [1.82, 2.24) is 5.32 Å². The fraction of sp³-hybridized carbons (Fsp3) is 0.462. The van der Waals surface area contributed by atoms with Crippen LogP contribution in [0.2, 0.25) is 5.02 Å². The summed E-state index contributed by atoms with van der Waals surface area (Å²) < 4.78 is 0. The van der Waals surface area contributed by atoms with Crippen molar-refractivity contribution in [2.45, 2.75) is 39.2 Å². The Kier molecular flexibility index (Phi) is 4.40. The maximum absolute atomic E-state index is 12.0. The van der Waals surface area contributed by atoms with E-state index in [1.807, 2.05) is 13.8 Å². The number of nitrogens with one attached hydrogen (secondary N) is 1. The van der Waals surface area contributed by atoms with Gasteiger partial charge in [0.05, 0.1) is 10.7 Å². The van der Waals surface area contributed by atoms with Crippen LogP contribution in [0.3, 0.4) is 0 Å². The lowest BCUT2D eigenvalue weighted by molar-refractivity contribution is 0.0909. The zero-order valence-electron chi connectivity index (χ0n) is 10.5. The first-order chi connectivity index (χ1) is 7.85. The molecule has 0 fully saturated rings. The lowest BCUT2D eigenvalue weighted by Crippen LogP contribution is -2.43. The summed E-state index contributed by atoms with van der Waals surface area (Å²) >= 11 is 5.81. The van der Waals surface area contributed by atoms with Crippen LogP contribution < -0.4 is 11.1 Å². The smallest absolute Gasteiger partial charge is 0.251 e. The van der Waals surface area contributed by atoms with Gasteiger partial charge in [-0.2, -0.15) is 0 Å². The minimum Gasteiger partial charge on any atom is -0.398 e. The van der Waals surface area contributed by atoms with E-state index in [-0.39, 0.29) is 11.4 Å². The fourth-order valence-corrected chi connectivity index (χ4v) is 1.87. The van der Waals surface area contributed by atoms with Crippen LogP contribution in [0.4, 0.5) is 5.69 Å². The Balaban J connectivity index is 2.80. The van der Waals surface area contributed by atoms with Crippen LogP contribution in [0.15, 0.2) is 18.2 Å². The topological polar surface area (TPSA) is 55.1 Å². The van der Waals surface area contributed by atoms with Gasteiger partial charge in [-0.1, -0.05) is 24.9 Å². The van der Waals surface area contributed by atoms with Crippen molar-refractivity contribution >= 4 is 23.2 Å². The monoisotopic (exact) mass is 254 g/mol. The first kappa shape index (κ1) is 13.8. The normalized spacial score (nSPS) is 11.3. The highest BCUT2D eigenvalue weighted by molar-refractivity contribution is 6.33. The first-order valence-corrected chi connectivity index (χ1v) is 6.11. The number of amides is 1. The number of rotatable bonds is 4. The SMILES string of the molecule is CCCC(C)(C)NC(=O)c1ccc(Cl)c(N)c1. The molecule has 1 rings (SSSR count). The minimum atomic E-state index is -0.208. The van der Waals surface area contributed by atoms with Gasteiger partial charge in [0, 0.05) is 11.1 Å².